The Labute approximate surface area is 123 Å². The first-order valence-corrected chi connectivity index (χ1v) is 7.51. The molecule has 0 unspecified atom stereocenters. The van der Waals surface area contributed by atoms with Gasteiger partial charge in [0.25, 0.3) is 0 Å². The summed E-state index contributed by atoms with van der Waals surface area (Å²) in [6.07, 6.45) is 0.736. The summed E-state index contributed by atoms with van der Waals surface area (Å²) in [5, 5.41) is 9.88. The highest BCUT2D eigenvalue weighted by Gasteiger charge is 2.09. The number of rotatable bonds is 5. The maximum atomic E-state index is 8.92. The van der Waals surface area contributed by atoms with Crippen LogP contribution in [0, 0.1) is 18.3 Å². The molecule has 2 rings (SSSR count). The van der Waals surface area contributed by atoms with Gasteiger partial charge in [-0.3, -0.25) is 0 Å². The van der Waals surface area contributed by atoms with Gasteiger partial charge in [-0.05, 0) is 24.5 Å². The monoisotopic (exact) mass is 286 g/mol. The van der Waals surface area contributed by atoms with E-state index in [0.29, 0.717) is 17.4 Å². The Balaban J connectivity index is 1.98. The second kappa shape index (κ2) is 6.53. The molecule has 1 heterocycles. The number of aryl methyl sites for hydroxylation is 1. The zero-order valence-corrected chi connectivity index (χ0v) is 12.8. The standard InChI is InChI=1S/C16H18N2OS/c1-11(2)13-6-4-5-7-14(13)19-9-8-16-18-12(3)15(10-17)20-16/h4-7,11H,8-9H2,1-3H3. The molecule has 0 saturated carbocycles. The number of hydrogen-bond acceptors (Lipinski definition) is 4. The topological polar surface area (TPSA) is 45.9 Å². The summed E-state index contributed by atoms with van der Waals surface area (Å²) < 4.78 is 5.87. The largest absolute Gasteiger partial charge is 0.493 e. The number of aromatic nitrogens is 1. The predicted molar refractivity (Wildman–Crippen MR) is 81.3 cm³/mol. The third kappa shape index (κ3) is 3.37. The van der Waals surface area contributed by atoms with Crippen LogP contribution in [0.5, 0.6) is 5.75 Å². The smallest absolute Gasteiger partial charge is 0.127 e. The Morgan fingerprint density at radius 2 is 2.10 bits per heavy atom. The lowest BCUT2D eigenvalue weighted by Crippen LogP contribution is -2.03. The molecule has 0 atom stereocenters. The van der Waals surface area contributed by atoms with Gasteiger partial charge in [0.2, 0.25) is 0 Å². The van der Waals surface area contributed by atoms with Crippen LogP contribution in [0.15, 0.2) is 24.3 Å². The predicted octanol–water partition coefficient (Wildman–Crippen LogP) is 4.07. The van der Waals surface area contributed by atoms with Crippen LogP contribution < -0.4 is 4.74 Å². The Kier molecular flexibility index (Phi) is 4.75. The van der Waals surface area contributed by atoms with Crippen LogP contribution in [0.2, 0.25) is 0 Å². The second-order valence-corrected chi connectivity index (χ2v) is 6.01. The van der Waals surface area contributed by atoms with E-state index in [1.807, 2.05) is 25.1 Å². The number of nitrogens with zero attached hydrogens (tertiary/aromatic N) is 2. The molecule has 0 radical (unpaired) electrons. The van der Waals surface area contributed by atoms with Crippen molar-refractivity contribution >= 4 is 11.3 Å². The van der Waals surface area contributed by atoms with Crippen molar-refractivity contribution in [3.8, 4) is 11.8 Å². The second-order valence-electron chi connectivity index (χ2n) is 4.92. The van der Waals surface area contributed by atoms with Crippen molar-refractivity contribution < 1.29 is 4.74 Å². The van der Waals surface area contributed by atoms with Crippen molar-refractivity contribution in [3.63, 3.8) is 0 Å². The van der Waals surface area contributed by atoms with Gasteiger partial charge >= 0.3 is 0 Å². The summed E-state index contributed by atoms with van der Waals surface area (Å²) in [5.41, 5.74) is 2.04. The van der Waals surface area contributed by atoms with E-state index in [2.05, 4.69) is 31.0 Å². The average Bonchev–Trinajstić information content (AvgIpc) is 2.79. The van der Waals surface area contributed by atoms with Crippen molar-refractivity contribution in [2.75, 3.05) is 6.61 Å². The molecule has 0 aliphatic rings. The van der Waals surface area contributed by atoms with Gasteiger partial charge in [0.15, 0.2) is 0 Å². The van der Waals surface area contributed by atoms with Gasteiger partial charge in [-0.2, -0.15) is 5.26 Å². The van der Waals surface area contributed by atoms with Gasteiger partial charge < -0.3 is 4.74 Å². The average molecular weight is 286 g/mol. The van der Waals surface area contributed by atoms with E-state index in [9.17, 15) is 0 Å². The van der Waals surface area contributed by atoms with Gasteiger partial charge in [-0.15, -0.1) is 11.3 Å². The van der Waals surface area contributed by atoms with Crippen molar-refractivity contribution in [2.45, 2.75) is 33.1 Å². The molecule has 0 fully saturated rings. The van der Waals surface area contributed by atoms with E-state index >= 15 is 0 Å². The molecule has 0 aliphatic heterocycles. The summed E-state index contributed by atoms with van der Waals surface area (Å²) >= 11 is 1.45. The molecule has 104 valence electrons. The van der Waals surface area contributed by atoms with E-state index < -0.39 is 0 Å². The van der Waals surface area contributed by atoms with Crippen LogP contribution in [0.3, 0.4) is 0 Å². The summed E-state index contributed by atoms with van der Waals surface area (Å²) in [6, 6.07) is 10.3. The van der Waals surface area contributed by atoms with E-state index in [4.69, 9.17) is 10.00 Å². The fourth-order valence-corrected chi connectivity index (χ4v) is 2.84. The molecule has 2 aromatic rings. The fraction of sp³-hybridized carbons (Fsp3) is 0.375. The van der Waals surface area contributed by atoms with Crippen LogP contribution in [0.1, 0.15) is 40.9 Å². The van der Waals surface area contributed by atoms with E-state index in [1.54, 1.807) is 0 Å². The highest BCUT2D eigenvalue weighted by atomic mass is 32.1. The van der Waals surface area contributed by atoms with Gasteiger partial charge in [0, 0.05) is 6.42 Å². The van der Waals surface area contributed by atoms with Gasteiger partial charge in [-0.1, -0.05) is 32.0 Å². The number of benzene rings is 1. The van der Waals surface area contributed by atoms with Crippen molar-refractivity contribution in [1.82, 2.24) is 4.98 Å². The Bertz CT molecular complexity index is 626. The van der Waals surface area contributed by atoms with Crippen LogP contribution in [0.25, 0.3) is 0 Å². The third-order valence-corrected chi connectivity index (χ3v) is 4.18. The first kappa shape index (κ1) is 14.5. The quantitative estimate of drug-likeness (QED) is 0.832. The zero-order chi connectivity index (χ0) is 14.5. The zero-order valence-electron chi connectivity index (χ0n) is 12.0. The summed E-state index contributed by atoms with van der Waals surface area (Å²) in [5.74, 6) is 1.38. The highest BCUT2D eigenvalue weighted by Crippen LogP contribution is 2.26. The minimum atomic E-state index is 0.443. The first-order valence-electron chi connectivity index (χ1n) is 6.70. The minimum absolute atomic E-state index is 0.443. The normalized spacial score (nSPS) is 10.6. The molecule has 0 N–H and O–H groups in total. The molecule has 20 heavy (non-hydrogen) atoms. The molecular formula is C16H18N2OS. The van der Waals surface area contributed by atoms with Crippen molar-refractivity contribution in [3.05, 3.63) is 45.4 Å². The fourth-order valence-electron chi connectivity index (χ4n) is 2.00. The van der Waals surface area contributed by atoms with E-state index in [1.165, 1.54) is 16.9 Å². The van der Waals surface area contributed by atoms with Gasteiger partial charge in [0.1, 0.15) is 16.7 Å². The number of hydrogen-bond donors (Lipinski definition) is 0. The van der Waals surface area contributed by atoms with Crippen LogP contribution in [-0.2, 0) is 6.42 Å². The molecule has 0 spiro atoms. The Hall–Kier alpha value is -1.86. The molecule has 1 aromatic carbocycles. The van der Waals surface area contributed by atoms with Crippen molar-refractivity contribution in [2.24, 2.45) is 0 Å². The van der Waals surface area contributed by atoms with Gasteiger partial charge in [0.05, 0.1) is 17.3 Å². The Morgan fingerprint density at radius 1 is 1.35 bits per heavy atom. The number of ether oxygens (including phenoxy) is 1. The number of nitriles is 1. The molecule has 0 amide bonds. The van der Waals surface area contributed by atoms with E-state index in [0.717, 1.165) is 22.9 Å². The lowest BCUT2D eigenvalue weighted by Gasteiger charge is -2.13. The number of para-hydroxylation sites is 1. The SMILES string of the molecule is Cc1nc(CCOc2ccccc2C(C)C)sc1C#N. The molecule has 3 nitrogen and oxygen atoms in total. The molecule has 4 heteroatoms. The maximum absolute atomic E-state index is 8.92. The lowest BCUT2D eigenvalue weighted by molar-refractivity contribution is 0.317. The molecular weight excluding hydrogens is 268 g/mol. The highest BCUT2D eigenvalue weighted by molar-refractivity contribution is 7.12. The van der Waals surface area contributed by atoms with Crippen molar-refractivity contribution in [1.29, 1.82) is 5.26 Å². The van der Waals surface area contributed by atoms with Crippen LogP contribution in [0.4, 0.5) is 0 Å². The summed E-state index contributed by atoms with van der Waals surface area (Å²) in [4.78, 5) is 5.08. The Morgan fingerprint density at radius 3 is 2.75 bits per heavy atom. The summed E-state index contributed by atoms with van der Waals surface area (Å²) in [6.45, 7) is 6.77. The molecule has 0 bridgehead atoms. The lowest BCUT2D eigenvalue weighted by atomic mass is 10.0. The number of thiazole rings is 1. The van der Waals surface area contributed by atoms with Crippen LogP contribution in [-0.4, -0.2) is 11.6 Å². The summed E-state index contributed by atoms with van der Waals surface area (Å²) in [7, 11) is 0. The van der Waals surface area contributed by atoms with Gasteiger partial charge in [-0.25, -0.2) is 4.98 Å². The first-order chi connectivity index (χ1) is 9.61. The molecule has 0 aliphatic carbocycles. The van der Waals surface area contributed by atoms with Crippen LogP contribution >= 0.6 is 11.3 Å². The maximum Gasteiger partial charge on any atom is 0.127 e. The third-order valence-electron chi connectivity index (χ3n) is 3.06. The van der Waals surface area contributed by atoms with E-state index in [-0.39, 0.29) is 0 Å². The molecule has 0 saturated heterocycles. The molecule has 1 aromatic heterocycles. The minimum Gasteiger partial charge on any atom is -0.493 e.